The van der Waals surface area contributed by atoms with E-state index >= 15 is 0 Å². The van der Waals surface area contributed by atoms with E-state index in [2.05, 4.69) is 10.3 Å². The van der Waals surface area contributed by atoms with Gasteiger partial charge in [0.15, 0.2) is 0 Å². The molecule has 0 saturated carbocycles. The zero-order valence-corrected chi connectivity index (χ0v) is 20.7. The first kappa shape index (κ1) is 24.9. The summed E-state index contributed by atoms with van der Waals surface area (Å²) in [6, 6.07) is 24.4. The van der Waals surface area contributed by atoms with Crippen LogP contribution in [0, 0.1) is 0 Å². The Morgan fingerprint density at radius 2 is 1.72 bits per heavy atom. The van der Waals surface area contributed by atoms with Crippen molar-refractivity contribution in [2.45, 2.75) is 5.92 Å². The third-order valence-electron chi connectivity index (χ3n) is 5.74. The second-order valence-electron chi connectivity index (χ2n) is 8.47. The first-order valence-electron chi connectivity index (χ1n) is 11.3. The summed E-state index contributed by atoms with van der Waals surface area (Å²) in [4.78, 5) is 30.4. The number of hydrazone groups is 1. The van der Waals surface area contributed by atoms with E-state index in [4.69, 9.17) is 16.7 Å². The first-order chi connectivity index (χ1) is 17.3. The summed E-state index contributed by atoms with van der Waals surface area (Å²) in [6.07, 6.45) is 0. The van der Waals surface area contributed by atoms with Crippen LogP contribution in [0.25, 0.3) is 0 Å². The summed E-state index contributed by atoms with van der Waals surface area (Å²) < 4.78 is 0. The van der Waals surface area contributed by atoms with Gasteiger partial charge < -0.3 is 10.0 Å². The predicted molar refractivity (Wildman–Crippen MR) is 142 cm³/mol. The molecule has 3 aromatic carbocycles. The van der Waals surface area contributed by atoms with Crippen molar-refractivity contribution in [3.63, 3.8) is 0 Å². The minimum absolute atomic E-state index is 0.0678. The van der Waals surface area contributed by atoms with E-state index in [1.807, 2.05) is 73.6 Å². The van der Waals surface area contributed by atoms with Gasteiger partial charge in [-0.05, 0) is 47.5 Å². The van der Waals surface area contributed by atoms with E-state index in [1.165, 1.54) is 0 Å². The molecule has 0 radical (unpaired) electrons. The smallest absolute Gasteiger partial charge is 0.325 e. The van der Waals surface area contributed by atoms with Gasteiger partial charge in [-0.15, -0.1) is 0 Å². The molecular formula is C27H26ClN5O3. The molecule has 1 atom stereocenters. The van der Waals surface area contributed by atoms with Gasteiger partial charge in [0.05, 0.1) is 12.3 Å². The molecule has 1 amide bonds. The van der Waals surface area contributed by atoms with Gasteiger partial charge in [-0.2, -0.15) is 5.10 Å². The number of carboxylic acid groups (broad SMARTS) is 1. The van der Waals surface area contributed by atoms with Crippen LogP contribution in [0.15, 0.2) is 89.0 Å². The summed E-state index contributed by atoms with van der Waals surface area (Å²) in [5.41, 5.74) is 4.21. The molecule has 36 heavy (non-hydrogen) atoms. The number of carbonyl (C=O) groups excluding carboxylic acids is 1. The first-order valence-corrected chi connectivity index (χ1v) is 11.7. The third-order valence-corrected chi connectivity index (χ3v) is 5.99. The number of hydrogen-bond acceptors (Lipinski definition) is 5. The number of carboxylic acids is 1. The topological polar surface area (TPSA) is 97.6 Å². The molecule has 0 aliphatic carbocycles. The summed E-state index contributed by atoms with van der Waals surface area (Å²) in [5, 5.41) is 18.8. The fraction of sp³-hybridized carbons (Fsp3) is 0.185. The number of benzene rings is 3. The largest absolute Gasteiger partial charge is 0.480 e. The molecule has 8 nitrogen and oxygen atoms in total. The number of halogens is 1. The monoisotopic (exact) mass is 503 g/mol. The van der Waals surface area contributed by atoms with Gasteiger partial charge in [0, 0.05) is 36.3 Å². The minimum Gasteiger partial charge on any atom is -0.480 e. The molecular weight excluding hydrogens is 478 g/mol. The normalized spacial score (nSPS) is 15.4. The van der Waals surface area contributed by atoms with E-state index < -0.39 is 18.4 Å². The van der Waals surface area contributed by atoms with Crippen LogP contribution in [0.3, 0.4) is 0 Å². The van der Waals surface area contributed by atoms with Crippen molar-refractivity contribution in [3.05, 3.63) is 101 Å². The molecule has 3 aromatic rings. The van der Waals surface area contributed by atoms with Crippen LogP contribution in [0.2, 0.25) is 5.02 Å². The Kier molecular flexibility index (Phi) is 7.65. The highest BCUT2D eigenvalue weighted by atomic mass is 35.5. The second-order valence-corrected chi connectivity index (χ2v) is 8.90. The number of guanidine groups is 1. The number of aliphatic imine (C=N–C) groups is 1. The second kappa shape index (κ2) is 11.0. The zero-order chi connectivity index (χ0) is 25.7. The average Bonchev–Trinajstić information content (AvgIpc) is 3.32. The summed E-state index contributed by atoms with van der Waals surface area (Å²) in [5.74, 6) is -1.60. The molecule has 0 saturated heterocycles. The van der Waals surface area contributed by atoms with Gasteiger partial charge >= 0.3 is 5.97 Å². The van der Waals surface area contributed by atoms with Crippen LogP contribution in [-0.4, -0.2) is 60.8 Å². The van der Waals surface area contributed by atoms with Gasteiger partial charge in [0.1, 0.15) is 6.54 Å². The SMILES string of the molecule is CN(C)c1ccc(C2=NN(C(=NCC(=O)O)NC(=O)c3ccc(Cl)cc3)CC2c2ccccc2)cc1. The number of aliphatic carboxylic acids is 1. The van der Waals surface area contributed by atoms with Crippen LogP contribution in [0.1, 0.15) is 27.4 Å². The van der Waals surface area contributed by atoms with Crippen LogP contribution >= 0.6 is 11.6 Å². The van der Waals surface area contributed by atoms with Gasteiger partial charge in [-0.25, -0.2) is 10.0 Å². The van der Waals surface area contributed by atoms with E-state index in [0.717, 1.165) is 22.5 Å². The van der Waals surface area contributed by atoms with Gasteiger partial charge in [0.2, 0.25) is 5.96 Å². The van der Waals surface area contributed by atoms with Crippen molar-refractivity contribution >= 4 is 40.8 Å². The molecule has 2 N–H and O–H groups in total. The highest BCUT2D eigenvalue weighted by Crippen LogP contribution is 2.29. The molecule has 1 aliphatic rings. The standard InChI is InChI=1S/C27H26ClN5O3/c1-32(2)22-14-10-19(11-15-22)25-23(18-6-4-3-5-7-18)17-33(31-25)27(29-16-24(34)35)30-26(36)20-8-12-21(28)13-9-20/h3-15,23H,16-17H2,1-2H3,(H,34,35)(H,29,30,36). The number of hydrogen-bond donors (Lipinski definition) is 2. The van der Waals surface area contributed by atoms with Crippen molar-refractivity contribution in [1.29, 1.82) is 0 Å². The molecule has 0 fully saturated rings. The van der Waals surface area contributed by atoms with E-state index in [0.29, 0.717) is 17.1 Å². The summed E-state index contributed by atoms with van der Waals surface area (Å²) in [7, 11) is 3.95. The number of carbonyl (C=O) groups is 2. The lowest BCUT2D eigenvalue weighted by molar-refractivity contribution is -0.135. The van der Waals surface area contributed by atoms with Crippen LogP contribution in [0.5, 0.6) is 0 Å². The lowest BCUT2D eigenvalue weighted by Crippen LogP contribution is -2.41. The third kappa shape index (κ3) is 5.90. The fourth-order valence-electron chi connectivity index (χ4n) is 3.87. The molecule has 0 spiro atoms. The Balaban J connectivity index is 1.69. The van der Waals surface area contributed by atoms with Crippen molar-refractivity contribution in [2.75, 3.05) is 32.1 Å². The Morgan fingerprint density at radius 3 is 2.33 bits per heavy atom. The predicted octanol–water partition coefficient (Wildman–Crippen LogP) is 4.08. The molecule has 184 valence electrons. The number of nitrogens with zero attached hydrogens (tertiary/aromatic N) is 4. The maximum atomic E-state index is 12.9. The fourth-order valence-corrected chi connectivity index (χ4v) is 4.00. The molecule has 1 heterocycles. The number of amides is 1. The van der Waals surface area contributed by atoms with Gasteiger partial charge in [-0.3, -0.25) is 14.9 Å². The molecule has 1 aliphatic heterocycles. The van der Waals surface area contributed by atoms with Crippen molar-refractivity contribution in [3.8, 4) is 0 Å². The highest BCUT2D eigenvalue weighted by Gasteiger charge is 2.32. The molecule has 4 rings (SSSR count). The van der Waals surface area contributed by atoms with E-state index in [1.54, 1.807) is 29.3 Å². The lowest BCUT2D eigenvalue weighted by atomic mass is 9.90. The Bertz CT molecular complexity index is 1290. The minimum atomic E-state index is -1.12. The molecule has 9 heteroatoms. The molecule has 1 unspecified atom stereocenters. The quantitative estimate of drug-likeness (QED) is 0.390. The maximum Gasteiger partial charge on any atom is 0.325 e. The average molecular weight is 504 g/mol. The zero-order valence-electron chi connectivity index (χ0n) is 19.9. The molecule has 0 bridgehead atoms. The lowest BCUT2D eigenvalue weighted by Gasteiger charge is -2.19. The highest BCUT2D eigenvalue weighted by molar-refractivity contribution is 6.30. The number of nitrogens with one attached hydrogen (secondary N) is 1. The van der Waals surface area contributed by atoms with Crippen molar-refractivity contribution < 1.29 is 14.7 Å². The Hall–Kier alpha value is -4.17. The van der Waals surface area contributed by atoms with Crippen LogP contribution < -0.4 is 10.2 Å². The van der Waals surface area contributed by atoms with Crippen LogP contribution in [0.4, 0.5) is 5.69 Å². The summed E-state index contributed by atoms with van der Waals surface area (Å²) >= 11 is 5.94. The van der Waals surface area contributed by atoms with Crippen molar-refractivity contribution in [1.82, 2.24) is 10.3 Å². The summed E-state index contributed by atoms with van der Waals surface area (Å²) in [6.45, 7) is -0.126. The van der Waals surface area contributed by atoms with Gasteiger partial charge in [-0.1, -0.05) is 54.1 Å². The maximum absolute atomic E-state index is 12.9. The Morgan fingerprint density at radius 1 is 1.06 bits per heavy atom. The van der Waals surface area contributed by atoms with Crippen LogP contribution in [-0.2, 0) is 4.79 Å². The van der Waals surface area contributed by atoms with E-state index in [9.17, 15) is 14.7 Å². The number of rotatable bonds is 6. The van der Waals surface area contributed by atoms with Gasteiger partial charge in [0.25, 0.3) is 5.91 Å². The number of anilines is 1. The Labute approximate surface area is 214 Å². The van der Waals surface area contributed by atoms with E-state index in [-0.39, 0.29) is 11.9 Å². The molecule has 0 aromatic heterocycles. The van der Waals surface area contributed by atoms with Crippen molar-refractivity contribution in [2.24, 2.45) is 10.1 Å².